The third-order valence-electron chi connectivity index (χ3n) is 2.70. The SMILES string of the molecule is C=CC(=O)c1ccc(OCC(C)N(C)C)cc1. The molecule has 0 aliphatic carbocycles. The number of carbonyl (C=O) groups excluding carboxylic acids is 1. The molecule has 1 aromatic rings. The van der Waals surface area contributed by atoms with Gasteiger partial charge in [-0.1, -0.05) is 6.58 Å². The Labute approximate surface area is 103 Å². The zero-order valence-electron chi connectivity index (χ0n) is 10.6. The Hall–Kier alpha value is -1.61. The molecule has 92 valence electrons. The minimum absolute atomic E-state index is 0.0711. The summed E-state index contributed by atoms with van der Waals surface area (Å²) in [5.41, 5.74) is 0.632. The lowest BCUT2D eigenvalue weighted by Gasteiger charge is -2.19. The lowest BCUT2D eigenvalue weighted by molar-refractivity contribution is 0.104. The third kappa shape index (κ3) is 4.04. The Kier molecular flexibility index (Phi) is 4.91. The Morgan fingerprint density at radius 1 is 1.41 bits per heavy atom. The number of nitrogens with zero attached hydrogens (tertiary/aromatic N) is 1. The van der Waals surface area contributed by atoms with Gasteiger partial charge in [-0.2, -0.15) is 0 Å². The molecule has 1 aromatic carbocycles. The highest BCUT2D eigenvalue weighted by molar-refractivity contribution is 6.04. The summed E-state index contributed by atoms with van der Waals surface area (Å²) in [5.74, 6) is 0.706. The van der Waals surface area contributed by atoms with Crippen LogP contribution >= 0.6 is 0 Å². The van der Waals surface area contributed by atoms with E-state index in [0.29, 0.717) is 18.2 Å². The van der Waals surface area contributed by atoms with Crippen LogP contribution in [0.1, 0.15) is 17.3 Å². The molecule has 0 fully saturated rings. The van der Waals surface area contributed by atoms with E-state index in [1.807, 2.05) is 14.1 Å². The van der Waals surface area contributed by atoms with E-state index in [-0.39, 0.29) is 5.78 Å². The molecule has 17 heavy (non-hydrogen) atoms. The quantitative estimate of drug-likeness (QED) is 0.558. The number of hydrogen-bond acceptors (Lipinski definition) is 3. The van der Waals surface area contributed by atoms with Gasteiger partial charge in [-0.15, -0.1) is 0 Å². The molecule has 0 amide bonds. The minimum atomic E-state index is -0.0711. The number of benzene rings is 1. The van der Waals surface area contributed by atoms with Crippen LogP contribution in [0.3, 0.4) is 0 Å². The number of hydrogen-bond donors (Lipinski definition) is 0. The molecule has 1 atom stereocenters. The summed E-state index contributed by atoms with van der Waals surface area (Å²) in [6, 6.07) is 7.46. The van der Waals surface area contributed by atoms with Crippen molar-refractivity contribution in [3.8, 4) is 5.75 Å². The average Bonchev–Trinajstić information content (AvgIpc) is 2.35. The molecule has 0 heterocycles. The number of likely N-dealkylation sites (N-methyl/N-ethyl adjacent to an activating group) is 1. The first kappa shape index (κ1) is 13.5. The predicted molar refractivity (Wildman–Crippen MR) is 69.6 cm³/mol. The summed E-state index contributed by atoms with van der Waals surface area (Å²) < 4.78 is 5.62. The first-order valence-electron chi connectivity index (χ1n) is 5.60. The molecule has 0 radical (unpaired) electrons. The molecule has 1 rings (SSSR count). The number of rotatable bonds is 6. The van der Waals surface area contributed by atoms with E-state index in [1.165, 1.54) is 6.08 Å². The van der Waals surface area contributed by atoms with Gasteiger partial charge in [-0.3, -0.25) is 4.79 Å². The van der Waals surface area contributed by atoms with Crippen LogP contribution in [0, 0.1) is 0 Å². The second-order valence-electron chi connectivity index (χ2n) is 4.22. The Morgan fingerprint density at radius 3 is 2.47 bits per heavy atom. The smallest absolute Gasteiger partial charge is 0.185 e. The van der Waals surface area contributed by atoms with Crippen LogP contribution in [0.15, 0.2) is 36.9 Å². The van der Waals surface area contributed by atoms with Crippen molar-refractivity contribution < 1.29 is 9.53 Å². The van der Waals surface area contributed by atoms with Gasteiger partial charge in [0.05, 0.1) is 0 Å². The standard InChI is InChI=1S/C14H19NO2/c1-5-14(16)12-6-8-13(9-7-12)17-10-11(2)15(3)4/h5-9,11H,1,10H2,2-4H3. The van der Waals surface area contributed by atoms with Crippen molar-refractivity contribution in [2.45, 2.75) is 13.0 Å². The largest absolute Gasteiger partial charge is 0.492 e. The van der Waals surface area contributed by atoms with E-state index in [9.17, 15) is 4.79 Å². The first-order chi connectivity index (χ1) is 8.04. The monoisotopic (exact) mass is 233 g/mol. The first-order valence-corrected chi connectivity index (χ1v) is 5.60. The second kappa shape index (κ2) is 6.21. The van der Waals surface area contributed by atoms with E-state index in [0.717, 1.165) is 5.75 Å². The van der Waals surface area contributed by atoms with Gasteiger partial charge in [-0.05, 0) is 51.4 Å². The number of carbonyl (C=O) groups is 1. The molecule has 1 unspecified atom stereocenters. The molecular weight excluding hydrogens is 214 g/mol. The van der Waals surface area contributed by atoms with Crippen LogP contribution in [0.2, 0.25) is 0 Å². The number of ether oxygens (including phenoxy) is 1. The molecule has 0 saturated carbocycles. The summed E-state index contributed by atoms with van der Waals surface area (Å²) in [4.78, 5) is 13.4. The van der Waals surface area contributed by atoms with Crippen molar-refractivity contribution in [2.24, 2.45) is 0 Å². The topological polar surface area (TPSA) is 29.5 Å². The lowest BCUT2D eigenvalue weighted by Crippen LogP contribution is -2.30. The van der Waals surface area contributed by atoms with Crippen LogP contribution in [0.5, 0.6) is 5.75 Å². The van der Waals surface area contributed by atoms with Gasteiger partial charge in [0.25, 0.3) is 0 Å². The highest BCUT2D eigenvalue weighted by Gasteiger charge is 2.06. The number of allylic oxidation sites excluding steroid dienone is 1. The van der Waals surface area contributed by atoms with Gasteiger partial charge in [0, 0.05) is 11.6 Å². The maximum absolute atomic E-state index is 11.3. The van der Waals surface area contributed by atoms with Gasteiger partial charge >= 0.3 is 0 Å². The molecular formula is C14H19NO2. The third-order valence-corrected chi connectivity index (χ3v) is 2.70. The average molecular weight is 233 g/mol. The summed E-state index contributed by atoms with van der Waals surface area (Å²) >= 11 is 0. The van der Waals surface area contributed by atoms with Crippen molar-refractivity contribution in [3.05, 3.63) is 42.5 Å². The van der Waals surface area contributed by atoms with Crippen LogP contribution in [-0.2, 0) is 0 Å². The zero-order valence-corrected chi connectivity index (χ0v) is 10.6. The van der Waals surface area contributed by atoms with Crippen LogP contribution in [0.25, 0.3) is 0 Å². The van der Waals surface area contributed by atoms with Gasteiger partial charge in [0.15, 0.2) is 5.78 Å². The maximum atomic E-state index is 11.3. The summed E-state index contributed by atoms with van der Waals surface area (Å²) in [7, 11) is 4.03. The normalized spacial score (nSPS) is 12.2. The Balaban J connectivity index is 2.57. The predicted octanol–water partition coefficient (Wildman–Crippen LogP) is 2.38. The van der Waals surface area contributed by atoms with Gasteiger partial charge in [0.2, 0.25) is 0 Å². The lowest BCUT2D eigenvalue weighted by atomic mass is 10.1. The maximum Gasteiger partial charge on any atom is 0.185 e. The summed E-state index contributed by atoms with van der Waals surface area (Å²) in [5, 5.41) is 0. The molecule has 3 heteroatoms. The van der Waals surface area contributed by atoms with Gasteiger partial charge in [0.1, 0.15) is 12.4 Å². The van der Waals surface area contributed by atoms with Crippen LogP contribution in [0.4, 0.5) is 0 Å². The Morgan fingerprint density at radius 2 is 2.00 bits per heavy atom. The van der Waals surface area contributed by atoms with E-state index in [4.69, 9.17) is 4.74 Å². The second-order valence-corrected chi connectivity index (χ2v) is 4.22. The van der Waals surface area contributed by atoms with Crippen molar-refractivity contribution in [2.75, 3.05) is 20.7 Å². The fourth-order valence-corrected chi connectivity index (χ4v) is 1.20. The highest BCUT2D eigenvalue weighted by Crippen LogP contribution is 2.13. The molecule has 0 N–H and O–H groups in total. The van der Waals surface area contributed by atoms with Gasteiger partial charge < -0.3 is 9.64 Å². The van der Waals surface area contributed by atoms with E-state index in [2.05, 4.69) is 18.4 Å². The molecule has 0 aliphatic heterocycles. The van der Waals surface area contributed by atoms with E-state index >= 15 is 0 Å². The Bertz CT molecular complexity index is 382. The molecule has 3 nitrogen and oxygen atoms in total. The minimum Gasteiger partial charge on any atom is -0.492 e. The van der Waals surface area contributed by atoms with Crippen LogP contribution < -0.4 is 4.74 Å². The van der Waals surface area contributed by atoms with Crippen molar-refractivity contribution in [3.63, 3.8) is 0 Å². The van der Waals surface area contributed by atoms with E-state index in [1.54, 1.807) is 24.3 Å². The molecule has 0 aliphatic rings. The fourth-order valence-electron chi connectivity index (χ4n) is 1.20. The van der Waals surface area contributed by atoms with Crippen molar-refractivity contribution in [1.82, 2.24) is 4.90 Å². The molecule has 0 bridgehead atoms. The summed E-state index contributed by atoms with van der Waals surface area (Å²) in [6.45, 7) is 6.17. The zero-order chi connectivity index (χ0) is 12.8. The molecule has 0 aromatic heterocycles. The highest BCUT2D eigenvalue weighted by atomic mass is 16.5. The van der Waals surface area contributed by atoms with Crippen LogP contribution in [-0.4, -0.2) is 37.4 Å². The summed E-state index contributed by atoms with van der Waals surface area (Å²) in [6.07, 6.45) is 1.31. The fraction of sp³-hybridized carbons (Fsp3) is 0.357. The molecule has 0 saturated heterocycles. The van der Waals surface area contributed by atoms with Crippen molar-refractivity contribution >= 4 is 5.78 Å². The van der Waals surface area contributed by atoms with Gasteiger partial charge in [-0.25, -0.2) is 0 Å². The molecule has 0 spiro atoms. The van der Waals surface area contributed by atoms with E-state index < -0.39 is 0 Å². The number of ketones is 1. The van der Waals surface area contributed by atoms with Crippen molar-refractivity contribution in [1.29, 1.82) is 0 Å².